The van der Waals surface area contributed by atoms with Gasteiger partial charge in [-0.15, -0.1) is 11.8 Å². The van der Waals surface area contributed by atoms with Crippen LogP contribution in [0.4, 0.5) is 0 Å². The van der Waals surface area contributed by atoms with Gasteiger partial charge in [-0.25, -0.2) is 0 Å². The van der Waals surface area contributed by atoms with Crippen molar-refractivity contribution in [3.63, 3.8) is 0 Å². The van der Waals surface area contributed by atoms with Gasteiger partial charge in [-0.3, -0.25) is 0 Å². The van der Waals surface area contributed by atoms with Gasteiger partial charge in [-0.2, -0.15) is 10.2 Å². The van der Waals surface area contributed by atoms with Crippen LogP contribution in [0, 0.1) is 0 Å². The van der Waals surface area contributed by atoms with Gasteiger partial charge in [-0.05, 0) is 29.7 Å². The molecule has 0 aliphatic carbocycles. The van der Waals surface area contributed by atoms with E-state index < -0.39 is 0 Å². The molecule has 0 saturated carbocycles. The van der Waals surface area contributed by atoms with Gasteiger partial charge in [0.05, 0.1) is 6.26 Å². The molecule has 91 valence electrons. The summed E-state index contributed by atoms with van der Waals surface area (Å²) < 4.78 is 5.64. The molecule has 0 saturated heterocycles. The van der Waals surface area contributed by atoms with Crippen molar-refractivity contribution in [1.29, 1.82) is 0 Å². The predicted octanol–water partition coefficient (Wildman–Crippen LogP) is 3.65. The Morgan fingerprint density at radius 3 is 2.56 bits per heavy atom. The molecule has 1 aromatic heterocycles. The molecular weight excluding hydrogens is 331 g/mol. The van der Waals surface area contributed by atoms with E-state index in [4.69, 9.17) is 37.2 Å². The van der Waals surface area contributed by atoms with Gasteiger partial charge >= 0.3 is 33.3 Å². The first-order valence-electron chi connectivity index (χ1n) is 3.88. The Kier molecular flexibility index (Phi) is 10.6. The first kappa shape index (κ1) is 16.3. The molecule has 0 aliphatic rings. The van der Waals surface area contributed by atoms with Crippen LogP contribution in [0.3, 0.4) is 0 Å². The van der Waals surface area contributed by atoms with Crippen molar-refractivity contribution < 1.29 is 17.6 Å². The van der Waals surface area contributed by atoms with E-state index in [0.717, 1.165) is 5.71 Å². The fraction of sp³-hybridized carbons (Fsp3) is 0.250. The first-order chi connectivity index (χ1) is 7.65. The summed E-state index contributed by atoms with van der Waals surface area (Å²) in [4.78, 5) is 0. The Morgan fingerprint density at radius 1 is 1.50 bits per heavy atom. The molecule has 0 N–H and O–H groups in total. The molecule has 0 unspecified atom stereocenters. The zero-order valence-electron chi connectivity index (χ0n) is 8.46. The first-order valence-corrected chi connectivity index (χ1v) is 8.55. The molecule has 1 aromatic rings. The molecule has 0 fully saturated rings. The molecule has 0 spiro atoms. The van der Waals surface area contributed by atoms with E-state index in [-0.39, 0.29) is 13.1 Å². The van der Waals surface area contributed by atoms with Gasteiger partial charge in [0, 0.05) is 0 Å². The second-order valence-corrected chi connectivity index (χ2v) is 5.55. The van der Waals surface area contributed by atoms with Crippen molar-refractivity contribution >= 4 is 54.7 Å². The molecule has 0 aliphatic heterocycles. The third-order valence-corrected chi connectivity index (χ3v) is 2.35. The SMILES string of the molecule is CS/C([S-])=N/N=C(\C)c1ccco1.[Cl][Fe+][Cl]. The van der Waals surface area contributed by atoms with E-state index in [9.17, 15) is 0 Å². The molecule has 0 aromatic carbocycles. The van der Waals surface area contributed by atoms with Crippen LogP contribution in [0.5, 0.6) is 0 Å². The maximum absolute atomic E-state index is 5.12. The molecule has 0 radical (unpaired) electrons. The summed E-state index contributed by atoms with van der Waals surface area (Å²) in [7, 11) is 9.53. The van der Waals surface area contributed by atoms with E-state index in [1.54, 1.807) is 12.3 Å². The van der Waals surface area contributed by atoms with Crippen LogP contribution in [0.1, 0.15) is 12.7 Å². The molecule has 16 heavy (non-hydrogen) atoms. The summed E-state index contributed by atoms with van der Waals surface area (Å²) in [6.07, 6.45) is 3.46. The zero-order chi connectivity index (χ0) is 12.4. The van der Waals surface area contributed by atoms with E-state index in [1.807, 2.05) is 19.2 Å². The third-order valence-electron chi connectivity index (χ3n) is 1.33. The van der Waals surface area contributed by atoms with Gasteiger partial charge in [0.15, 0.2) is 0 Å². The Morgan fingerprint density at radius 2 is 2.12 bits per heavy atom. The van der Waals surface area contributed by atoms with E-state index in [0.29, 0.717) is 10.1 Å². The fourth-order valence-corrected chi connectivity index (χ4v) is 0.854. The standard InChI is InChI=1S/C8H10N2OS2.2ClH.Fe/c1-6(7-4-3-5-11-7)9-10-8(12)13-2;;;/h3-5H,1-2H3,(H,10,12);2*1H;/q;;;+3/p-3/b9-6+;;;. The maximum atomic E-state index is 5.12. The number of halogens is 2. The molecular formula is C8H9Cl2FeN2OS2. The summed E-state index contributed by atoms with van der Waals surface area (Å²) in [5.74, 6) is 0.715. The molecule has 0 atom stereocenters. The van der Waals surface area contributed by atoms with Crippen LogP contribution in [0.2, 0.25) is 0 Å². The van der Waals surface area contributed by atoms with Gasteiger partial charge in [0.25, 0.3) is 0 Å². The van der Waals surface area contributed by atoms with Crippen molar-refractivity contribution in [3.8, 4) is 0 Å². The predicted molar refractivity (Wildman–Crippen MR) is 70.9 cm³/mol. The van der Waals surface area contributed by atoms with Gasteiger partial charge in [0.2, 0.25) is 0 Å². The van der Waals surface area contributed by atoms with Crippen LogP contribution < -0.4 is 0 Å². The van der Waals surface area contributed by atoms with E-state index in [1.165, 1.54) is 11.8 Å². The van der Waals surface area contributed by atoms with Crippen LogP contribution in [0.25, 0.3) is 0 Å². The third kappa shape index (κ3) is 7.54. The summed E-state index contributed by atoms with van der Waals surface area (Å²) in [5.41, 5.74) is 0.724. The van der Waals surface area contributed by atoms with Crippen LogP contribution >= 0.6 is 32.0 Å². The van der Waals surface area contributed by atoms with Crippen molar-refractivity contribution in [2.45, 2.75) is 6.92 Å². The minimum absolute atomic E-state index is 0.194. The second kappa shape index (κ2) is 10.4. The number of nitrogens with zero attached hydrogens (tertiary/aromatic N) is 2. The van der Waals surface area contributed by atoms with Gasteiger partial charge < -0.3 is 17.0 Å². The van der Waals surface area contributed by atoms with Crippen molar-refractivity contribution in [2.75, 3.05) is 6.26 Å². The number of rotatable bonds is 2. The summed E-state index contributed by atoms with van der Waals surface area (Å²) in [5, 5.41) is 7.74. The van der Waals surface area contributed by atoms with Crippen LogP contribution in [0.15, 0.2) is 33.0 Å². The summed E-state index contributed by atoms with van der Waals surface area (Å²) in [6.45, 7) is 1.82. The van der Waals surface area contributed by atoms with Crippen LogP contribution in [-0.4, -0.2) is 16.3 Å². The summed E-state index contributed by atoms with van der Waals surface area (Å²) >= 11 is 6.45. The van der Waals surface area contributed by atoms with Gasteiger partial charge in [0.1, 0.15) is 11.5 Å². The number of furan rings is 1. The number of hydrogen-bond donors (Lipinski definition) is 0. The average Bonchev–Trinajstić information content (AvgIpc) is 2.80. The quantitative estimate of drug-likeness (QED) is 0.271. The minimum atomic E-state index is 0.194. The van der Waals surface area contributed by atoms with E-state index >= 15 is 0 Å². The molecule has 8 heteroatoms. The fourth-order valence-electron chi connectivity index (χ4n) is 0.690. The van der Waals surface area contributed by atoms with Crippen LogP contribution in [-0.2, 0) is 25.8 Å². The van der Waals surface area contributed by atoms with Crippen molar-refractivity contribution in [1.82, 2.24) is 0 Å². The zero-order valence-corrected chi connectivity index (χ0v) is 12.7. The Bertz CT molecular complexity index is 344. The summed E-state index contributed by atoms with van der Waals surface area (Å²) in [6, 6.07) is 3.64. The molecule has 3 nitrogen and oxygen atoms in total. The Balaban J connectivity index is 0.000000673. The molecule has 1 heterocycles. The Labute approximate surface area is 119 Å². The van der Waals surface area contributed by atoms with Gasteiger partial charge in [-0.1, -0.05) is 0 Å². The normalized spacial score (nSPS) is 12.0. The number of thioether (sulfide) groups is 1. The molecule has 1 rings (SSSR count). The Hall–Kier alpha value is 0.289. The topological polar surface area (TPSA) is 37.9 Å². The molecule has 0 amide bonds. The van der Waals surface area contributed by atoms with Crippen molar-refractivity contribution in [3.05, 3.63) is 24.2 Å². The monoisotopic (exact) mass is 339 g/mol. The van der Waals surface area contributed by atoms with Crippen molar-refractivity contribution in [2.24, 2.45) is 10.2 Å². The molecule has 0 bridgehead atoms. The number of hydrogen-bond acceptors (Lipinski definition) is 5. The average molecular weight is 340 g/mol. The second-order valence-electron chi connectivity index (χ2n) is 2.28. The van der Waals surface area contributed by atoms with E-state index in [2.05, 4.69) is 10.2 Å².